The molecule has 1 aromatic rings. The van der Waals surface area contributed by atoms with Gasteiger partial charge in [0.2, 0.25) is 0 Å². The Morgan fingerprint density at radius 2 is 1.87 bits per heavy atom. The van der Waals surface area contributed by atoms with Gasteiger partial charge in [0.25, 0.3) is 5.91 Å². The molecule has 126 valence electrons. The number of carbonyl (C=O) groups excluding carboxylic acids is 2. The number of amides is 1. The van der Waals surface area contributed by atoms with E-state index in [0.717, 1.165) is 11.4 Å². The van der Waals surface area contributed by atoms with Crippen LogP contribution in [0.4, 0.5) is 11.4 Å². The Morgan fingerprint density at radius 3 is 2.48 bits per heavy atom. The molecule has 1 heterocycles. The number of esters is 1. The van der Waals surface area contributed by atoms with Crippen LogP contribution in [0.15, 0.2) is 24.3 Å². The maximum absolute atomic E-state index is 12.9. The third kappa shape index (κ3) is 3.66. The van der Waals surface area contributed by atoms with Crippen molar-refractivity contribution in [3.8, 4) is 0 Å². The van der Waals surface area contributed by atoms with E-state index >= 15 is 0 Å². The first-order chi connectivity index (χ1) is 10.8. The van der Waals surface area contributed by atoms with E-state index in [-0.39, 0.29) is 29.8 Å². The monoisotopic (exact) mass is 318 g/mol. The molecule has 0 aliphatic carbocycles. The summed E-state index contributed by atoms with van der Waals surface area (Å²) in [5, 5.41) is 3.28. The van der Waals surface area contributed by atoms with Crippen LogP contribution in [-0.2, 0) is 14.3 Å². The summed E-state index contributed by atoms with van der Waals surface area (Å²) in [6.45, 7) is 10.0. The smallest absolute Gasteiger partial charge is 0.328 e. The second-order valence-electron chi connectivity index (χ2n) is 6.79. The zero-order chi connectivity index (χ0) is 17.1. The van der Waals surface area contributed by atoms with E-state index in [0.29, 0.717) is 6.61 Å². The zero-order valence-corrected chi connectivity index (χ0v) is 14.5. The highest BCUT2D eigenvalue weighted by atomic mass is 16.5. The third-order valence-corrected chi connectivity index (χ3v) is 3.93. The Labute approximate surface area is 138 Å². The number of rotatable bonds is 5. The normalized spacial score (nSPS) is 18.7. The average Bonchev–Trinajstić information content (AvgIpc) is 2.51. The molecule has 5 nitrogen and oxygen atoms in total. The summed E-state index contributed by atoms with van der Waals surface area (Å²) in [6, 6.07) is 6.57. The van der Waals surface area contributed by atoms with E-state index in [1.165, 1.54) is 0 Å². The Hall–Kier alpha value is -2.04. The largest absolute Gasteiger partial charge is 0.464 e. The molecule has 1 aliphatic rings. The molecule has 0 fully saturated rings. The van der Waals surface area contributed by atoms with Gasteiger partial charge in [0.1, 0.15) is 12.1 Å². The molecule has 1 aromatic carbocycles. The van der Waals surface area contributed by atoms with Crippen molar-refractivity contribution >= 4 is 23.3 Å². The molecule has 0 spiro atoms. The lowest BCUT2D eigenvalue weighted by Crippen LogP contribution is -2.55. The van der Waals surface area contributed by atoms with Gasteiger partial charge in [-0.1, -0.05) is 39.8 Å². The van der Waals surface area contributed by atoms with Crippen LogP contribution in [-0.4, -0.2) is 30.6 Å². The summed E-state index contributed by atoms with van der Waals surface area (Å²) in [7, 11) is 0. The number of hydrogen-bond acceptors (Lipinski definition) is 4. The number of carbonyl (C=O) groups is 2. The minimum Gasteiger partial charge on any atom is -0.464 e. The van der Waals surface area contributed by atoms with Crippen molar-refractivity contribution < 1.29 is 14.3 Å². The Kier molecular flexibility index (Phi) is 5.29. The molecular weight excluding hydrogens is 292 g/mol. The van der Waals surface area contributed by atoms with Crippen LogP contribution in [0.5, 0.6) is 0 Å². The summed E-state index contributed by atoms with van der Waals surface area (Å²) >= 11 is 0. The quantitative estimate of drug-likeness (QED) is 0.848. The lowest BCUT2D eigenvalue weighted by atomic mass is 9.97. The fourth-order valence-corrected chi connectivity index (χ4v) is 2.63. The number of nitrogens with zero attached hydrogens (tertiary/aromatic N) is 1. The summed E-state index contributed by atoms with van der Waals surface area (Å²) in [6.07, 6.45) is 0. The van der Waals surface area contributed by atoms with Crippen LogP contribution in [0.3, 0.4) is 0 Å². The second-order valence-corrected chi connectivity index (χ2v) is 6.79. The van der Waals surface area contributed by atoms with Crippen LogP contribution in [0, 0.1) is 11.8 Å². The molecule has 1 amide bonds. The third-order valence-electron chi connectivity index (χ3n) is 3.93. The van der Waals surface area contributed by atoms with Gasteiger partial charge in [0, 0.05) is 0 Å². The van der Waals surface area contributed by atoms with Gasteiger partial charge in [-0.2, -0.15) is 0 Å². The SMILES string of the molecule is CC(C)COC(=O)C(C)N1C(=O)C(C(C)C)Nc2ccccc21. The van der Waals surface area contributed by atoms with E-state index in [4.69, 9.17) is 4.74 Å². The van der Waals surface area contributed by atoms with Crippen LogP contribution < -0.4 is 10.2 Å². The molecule has 2 unspecified atom stereocenters. The summed E-state index contributed by atoms with van der Waals surface area (Å²) < 4.78 is 5.32. The second kappa shape index (κ2) is 7.02. The summed E-state index contributed by atoms with van der Waals surface area (Å²) in [5.74, 6) is -0.0724. The number of ether oxygens (including phenoxy) is 1. The molecule has 0 bridgehead atoms. The maximum atomic E-state index is 12.9. The molecule has 1 N–H and O–H groups in total. The minimum absolute atomic E-state index is 0.0901. The Bertz CT molecular complexity index is 583. The van der Waals surface area contributed by atoms with E-state index in [1.54, 1.807) is 11.8 Å². The van der Waals surface area contributed by atoms with Gasteiger partial charge in [-0.05, 0) is 30.9 Å². The Balaban J connectivity index is 2.30. The van der Waals surface area contributed by atoms with Crippen molar-refractivity contribution in [3.63, 3.8) is 0 Å². The standard InChI is InChI=1S/C18H26N2O3/c1-11(2)10-23-18(22)13(5)20-15-9-7-6-8-14(15)19-16(12(3)4)17(20)21/h6-9,11-13,16,19H,10H2,1-5H3. The number of anilines is 2. The van der Waals surface area contributed by atoms with Crippen molar-refractivity contribution in [2.24, 2.45) is 11.8 Å². The number of hydrogen-bond donors (Lipinski definition) is 1. The highest BCUT2D eigenvalue weighted by Gasteiger charge is 2.39. The van der Waals surface area contributed by atoms with Crippen LogP contribution in [0.1, 0.15) is 34.6 Å². The number of nitrogens with one attached hydrogen (secondary N) is 1. The zero-order valence-electron chi connectivity index (χ0n) is 14.5. The van der Waals surface area contributed by atoms with Gasteiger partial charge in [-0.15, -0.1) is 0 Å². The summed E-state index contributed by atoms with van der Waals surface area (Å²) in [4.78, 5) is 26.8. The number of benzene rings is 1. The topological polar surface area (TPSA) is 58.6 Å². The highest BCUT2D eigenvalue weighted by Crippen LogP contribution is 2.34. The van der Waals surface area contributed by atoms with Gasteiger partial charge < -0.3 is 10.1 Å². The number of fused-ring (bicyclic) bond motifs is 1. The number of para-hydroxylation sites is 2. The minimum atomic E-state index is -0.647. The fourth-order valence-electron chi connectivity index (χ4n) is 2.63. The van der Waals surface area contributed by atoms with E-state index < -0.39 is 6.04 Å². The lowest BCUT2D eigenvalue weighted by molar-refractivity contribution is -0.147. The average molecular weight is 318 g/mol. The first-order valence-electron chi connectivity index (χ1n) is 8.18. The molecule has 2 atom stereocenters. The van der Waals surface area contributed by atoms with Crippen LogP contribution in [0.2, 0.25) is 0 Å². The maximum Gasteiger partial charge on any atom is 0.328 e. The molecule has 5 heteroatoms. The first kappa shape index (κ1) is 17.3. The molecule has 2 rings (SSSR count). The van der Waals surface area contributed by atoms with Crippen molar-refractivity contribution in [1.82, 2.24) is 0 Å². The molecule has 1 aliphatic heterocycles. The van der Waals surface area contributed by atoms with Gasteiger partial charge >= 0.3 is 5.97 Å². The van der Waals surface area contributed by atoms with Gasteiger partial charge in [-0.25, -0.2) is 4.79 Å². The van der Waals surface area contributed by atoms with Gasteiger partial charge in [0.15, 0.2) is 0 Å². The molecule has 0 saturated carbocycles. The predicted octanol–water partition coefficient (Wildman–Crippen LogP) is 3.06. The summed E-state index contributed by atoms with van der Waals surface area (Å²) in [5.41, 5.74) is 1.60. The van der Waals surface area contributed by atoms with Crippen molar-refractivity contribution in [2.45, 2.75) is 46.7 Å². The molecular formula is C18H26N2O3. The van der Waals surface area contributed by atoms with Crippen LogP contribution >= 0.6 is 0 Å². The van der Waals surface area contributed by atoms with E-state index in [1.807, 2.05) is 52.0 Å². The lowest BCUT2D eigenvalue weighted by Gasteiger charge is -2.39. The van der Waals surface area contributed by atoms with Crippen LogP contribution in [0.25, 0.3) is 0 Å². The molecule has 23 heavy (non-hydrogen) atoms. The first-order valence-corrected chi connectivity index (χ1v) is 8.18. The van der Waals surface area contributed by atoms with E-state index in [2.05, 4.69) is 5.32 Å². The van der Waals surface area contributed by atoms with Gasteiger partial charge in [-0.3, -0.25) is 9.69 Å². The highest BCUT2D eigenvalue weighted by molar-refractivity contribution is 6.08. The van der Waals surface area contributed by atoms with Crippen molar-refractivity contribution in [3.05, 3.63) is 24.3 Å². The predicted molar refractivity (Wildman–Crippen MR) is 91.4 cm³/mol. The molecule has 0 saturated heterocycles. The molecule has 0 aromatic heterocycles. The Morgan fingerprint density at radius 1 is 1.22 bits per heavy atom. The molecule has 0 radical (unpaired) electrons. The van der Waals surface area contributed by atoms with Crippen molar-refractivity contribution in [2.75, 3.05) is 16.8 Å². The van der Waals surface area contributed by atoms with Gasteiger partial charge in [0.05, 0.1) is 18.0 Å². The van der Waals surface area contributed by atoms with E-state index in [9.17, 15) is 9.59 Å². The fraction of sp³-hybridized carbons (Fsp3) is 0.556. The van der Waals surface area contributed by atoms with Crippen molar-refractivity contribution in [1.29, 1.82) is 0 Å².